The molecule has 1 amide bonds. The molecule has 2 aromatic carbocycles. The second-order valence-electron chi connectivity index (χ2n) is 3.44. The van der Waals surface area contributed by atoms with Gasteiger partial charge in [-0.3, -0.25) is 4.79 Å². The minimum atomic E-state index is -0.120. The van der Waals surface area contributed by atoms with Gasteiger partial charge in [0.15, 0.2) is 0 Å². The van der Waals surface area contributed by atoms with Crippen LogP contribution >= 0.6 is 0 Å². The molecule has 0 bridgehead atoms. The Hall–Kier alpha value is -2.55. The Morgan fingerprint density at radius 1 is 0.864 bits per heavy atom. The number of nitrogens with two attached hydrogens (primary N) is 1. The van der Waals surface area contributed by atoms with Gasteiger partial charge in [0.2, 0.25) is 0 Å². The third-order valence-corrected chi connectivity index (χ3v) is 2.20. The van der Waals surface area contributed by atoms with E-state index in [1.165, 1.54) is 0 Å². The summed E-state index contributed by atoms with van der Waals surface area (Å²) in [6.07, 6.45) is 0. The van der Waals surface area contributed by atoms with Crippen molar-refractivity contribution in [3.05, 3.63) is 73.3 Å². The molecule has 0 aliphatic carbocycles. The van der Waals surface area contributed by atoms with Crippen LogP contribution in [0, 0.1) is 0 Å². The molecule has 0 unspecified atom stereocenters. The molecular weight excluding hydrogens is 272 g/mol. The summed E-state index contributed by atoms with van der Waals surface area (Å²) >= 11 is 0. The molecule has 0 aliphatic heterocycles. The summed E-state index contributed by atoms with van der Waals surface area (Å²) in [4.78, 5) is 11.8. The van der Waals surface area contributed by atoms with Crippen molar-refractivity contribution in [2.75, 3.05) is 11.1 Å². The average molecular weight is 300 g/mol. The minimum absolute atomic E-state index is 0.120. The van der Waals surface area contributed by atoms with Gasteiger partial charge in [-0.1, -0.05) is 45.9 Å². The summed E-state index contributed by atoms with van der Waals surface area (Å²) in [6, 6.07) is 16.1. The molecular formula is C19H28N2O. The normalized spacial score (nSPS) is 7.82. The third kappa shape index (κ3) is 8.59. The molecule has 3 nitrogen and oxygen atoms in total. The zero-order valence-electron chi connectivity index (χ0n) is 14.1. The first kappa shape index (κ1) is 21.7. The predicted octanol–water partition coefficient (Wildman–Crippen LogP) is 5.38. The van der Waals surface area contributed by atoms with Gasteiger partial charge in [-0.05, 0) is 36.4 Å². The highest BCUT2D eigenvalue weighted by Gasteiger charge is 2.03. The van der Waals surface area contributed by atoms with Gasteiger partial charge in [0, 0.05) is 16.9 Å². The molecule has 0 radical (unpaired) electrons. The van der Waals surface area contributed by atoms with E-state index in [9.17, 15) is 4.79 Å². The molecule has 0 aliphatic rings. The van der Waals surface area contributed by atoms with Crippen LogP contribution in [0.4, 0.5) is 11.4 Å². The fourth-order valence-electron chi connectivity index (χ4n) is 1.36. The van der Waals surface area contributed by atoms with Crippen LogP contribution in [0.5, 0.6) is 0 Å². The highest BCUT2D eigenvalue weighted by molar-refractivity contribution is 6.04. The molecule has 0 saturated heterocycles. The number of amides is 1. The number of nitrogen functional groups attached to an aromatic ring is 1. The summed E-state index contributed by atoms with van der Waals surface area (Å²) in [5.74, 6) is -0.120. The number of benzene rings is 2. The molecule has 22 heavy (non-hydrogen) atoms. The number of carbonyl (C=O) groups excluding carboxylic acids is 1. The molecule has 0 aromatic heterocycles. The van der Waals surface area contributed by atoms with E-state index < -0.39 is 0 Å². The van der Waals surface area contributed by atoms with Gasteiger partial charge < -0.3 is 11.1 Å². The van der Waals surface area contributed by atoms with Gasteiger partial charge in [-0.2, -0.15) is 0 Å². The van der Waals surface area contributed by atoms with Gasteiger partial charge >= 0.3 is 0 Å². The Morgan fingerprint density at radius 3 is 1.77 bits per heavy atom. The molecule has 0 heterocycles. The molecule has 0 atom stereocenters. The van der Waals surface area contributed by atoms with Gasteiger partial charge in [0.1, 0.15) is 0 Å². The topological polar surface area (TPSA) is 55.1 Å². The molecule has 2 aromatic rings. The monoisotopic (exact) mass is 300 g/mol. The number of hydrogen-bond donors (Lipinski definition) is 2. The minimum Gasteiger partial charge on any atom is -0.399 e. The lowest BCUT2D eigenvalue weighted by molar-refractivity contribution is 0.102. The van der Waals surface area contributed by atoms with E-state index in [-0.39, 0.29) is 5.91 Å². The fourth-order valence-corrected chi connectivity index (χ4v) is 1.36. The molecule has 0 saturated carbocycles. The highest BCUT2D eigenvalue weighted by Crippen LogP contribution is 2.11. The van der Waals surface area contributed by atoms with Crippen molar-refractivity contribution < 1.29 is 4.79 Å². The Labute approximate surface area is 134 Å². The maximum Gasteiger partial charge on any atom is 0.255 e. The lowest BCUT2D eigenvalue weighted by Crippen LogP contribution is -2.11. The highest BCUT2D eigenvalue weighted by atomic mass is 16.1. The summed E-state index contributed by atoms with van der Waals surface area (Å²) < 4.78 is 0. The Bertz CT molecular complexity index is 493. The van der Waals surface area contributed by atoms with Crippen molar-refractivity contribution in [2.45, 2.75) is 27.7 Å². The largest absolute Gasteiger partial charge is 0.399 e. The fraction of sp³-hybridized carbons (Fsp3) is 0.211. The van der Waals surface area contributed by atoms with E-state index in [0.29, 0.717) is 11.3 Å². The first-order valence-corrected chi connectivity index (χ1v) is 7.47. The van der Waals surface area contributed by atoms with Crippen LogP contribution in [0.1, 0.15) is 38.1 Å². The molecule has 2 rings (SSSR count). The predicted molar refractivity (Wildman–Crippen MR) is 99.2 cm³/mol. The number of carbonyl (C=O) groups is 1. The maximum absolute atomic E-state index is 11.8. The first-order chi connectivity index (χ1) is 10.8. The van der Waals surface area contributed by atoms with Crippen molar-refractivity contribution in [3.8, 4) is 0 Å². The number of rotatable bonds is 2. The lowest BCUT2D eigenvalue weighted by Gasteiger charge is -2.05. The quantitative estimate of drug-likeness (QED) is 0.578. The van der Waals surface area contributed by atoms with Gasteiger partial charge in [0.25, 0.3) is 5.91 Å². The molecule has 0 fully saturated rings. The van der Waals surface area contributed by atoms with Crippen molar-refractivity contribution in [1.29, 1.82) is 0 Å². The summed E-state index contributed by atoms with van der Waals surface area (Å²) in [6.45, 7) is 14.0. The van der Waals surface area contributed by atoms with Gasteiger partial charge in [0.05, 0.1) is 0 Å². The van der Waals surface area contributed by atoms with Crippen LogP contribution in [0.15, 0.2) is 67.8 Å². The van der Waals surface area contributed by atoms with Gasteiger partial charge in [-0.15, -0.1) is 13.2 Å². The first-order valence-electron chi connectivity index (χ1n) is 7.47. The maximum atomic E-state index is 11.8. The van der Waals surface area contributed by atoms with Crippen LogP contribution in [-0.4, -0.2) is 5.91 Å². The van der Waals surface area contributed by atoms with Crippen molar-refractivity contribution in [2.24, 2.45) is 0 Å². The van der Waals surface area contributed by atoms with E-state index in [1.807, 2.05) is 45.9 Å². The van der Waals surface area contributed by atoms with Gasteiger partial charge in [-0.25, -0.2) is 0 Å². The lowest BCUT2D eigenvalue weighted by atomic mass is 10.2. The standard InChI is InChI=1S/C13H12N2O.2C2H6.C2H4/c14-11-6-8-12(9-7-11)15-13(16)10-4-2-1-3-5-10;3*1-2/h1-9H,14H2,(H,15,16);2*1-2H3;1-2H2. The summed E-state index contributed by atoms with van der Waals surface area (Å²) in [5, 5.41) is 2.79. The van der Waals surface area contributed by atoms with Crippen LogP contribution < -0.4 is 11.1 Å². The number of nitrogens with one attached hydrogen (secondary N) is 1. The summed E-state index contributed by atoms with van der Waals surface area (Å²) in [5.41, 5.74) is 7.61. The van der Waals surface area contributed by atoms with Crippen LogP contribution in [-0.2, 0) is 0 Å². The summed E-state index contributed by atoms with van der Waals surface area (Å²) in [7, 11) is 0. The molecule has 120 valence electrons. The Kier molecular flexibility index (Phi) is 14.7. The third-order valence-electron chi connectivity index (χ3n) is 2.20. The average Bonchev–Trinajstić information content (AvgIpc) is 2.63. The number of anilines is 2. The van der Waals surface area contributed by atoms with Crippen molar-refractivity contribution in [1.82, 2.24) is 0 Å². The van der Waals surface area contributed by atoms with E-state index in [4.69, 9.17) is 5.73 Å². The van der Waals surface area contributed by atoms with E-state index in [2.05, 4.69) is 18.5 Å². The van der Waals surface area contributed by atoms with Crippen LogP contribution in [0.3, 0.4) is 0 Å². The molecule has 3 heteroatoms. The second-order valence-corrected chi connectivity index (χ2v) is 3.44. The van der Waals surface area contributed by atoms with E-state index in [0.717, 1.165) is 5.69 Å². The van der Waals surface area contributed by atoms with Crippen molar-refractivity contribution >= 4 is 17.3 Å². The molecule has 0 spiro atoms. The Balaban J connectivity index is 0. The van der Waals surface area contributed by atoms with Crippen LogP contribution in [0.2, 0.25) is 0 Å². The van der Waals surface area contributed by atoms with Crippen LogP contribution in [0.25, 0.3) is 0 Å². The second kappa shape index (κ2) is 14.9. The zero-order valence-corrected chi connectivity index (χ0v) is 14.1. The zero-order chi connectivity index (χ0) is 17.4. The molecule has 3 N–H and O–H groups in total. The Morgan fingerprint density at radius 2 is 1.32 bits per heavy atom. The van der Waals surface area contributed by atoms with E-state index in [1.54, 1.807) is 36.4 Å². The number of hydrogen-bond acceptors (Lipinski definition) is 2. The smallest absolute Gasteiger partial charge is 0.255 e. The SMILES string of the molecule is C=C.CC.CC.Nc1ccc(NC(=O)c2ccccc2)cc1. The van der Waals surface area contributed by atoms with E-state index >= 15 is 0 Å². The van der Waals surface area contributed by atoms with Crippen molar-refractivity contribution in [3.63, 3.8) is 0 Å².